The molecule has 0 aromatic heterocycles. The number of benzene rings is 1. The van der Waals surface area contributed by atoms with E-state index in [2.05, 4.69) is 11.9 Å². The first-order valence-corrected chi connectivity index (χ1v) is 6.76. The van der Waals surface area contributed by atoms with E-state index in [1.807, 2.05) is 24.3 Å². The molecule has 4 heteroatoms. The maximum Gasteiger partial charge on any atom is 0.307 e. The summed E-state index contributed by atoms with van der Waals surface area (Å²) in [5.74, 6) is 0.466. The highest BCUT2D eigenvalue weighted by Gasteiger charge is 2.17. The van der Waals surface area contributed by atoms with Gasteiger partial charge in [0.2, 0.25) is 0 Å². The molecule has 1 saturated heterocycles. The van der Waals surface area contributed by atoms with E-state index < -0.39 is 5.97 Å². The first kappa shape index (κ1) is 13.9. The van der Waals surface area contributed by atoms with E-state index >= 15 is 0 Å². The first-order valence-electron chi connectivity index (χ1n) is 6.76. The molecule has 1 aromatic carbocycles. The molecule has 1 aliphatic heterocycles. The molecule has 0 atom stereocenters. The fourth-order valence-corrected chi connectivity index (χ4v) is 2.39. The Bertz CT molecular complexity index is 425. The van der Waals surface area contributed by atoms with Crippen molar-refractivity contribution in [2.75, 3.05) is 26.7 Å². The van der Waals surface area contributed by atoms with Crippen LogP contribution < -0.4 is 4.74 Å². The summed E-state index contributed by atoms with van der Waals surface area (Å²) >= 11 is 0. The highest BCUT2D eigenvalue weighted by Crippen LogP contribution is 2.22. The van der Waals surface area contributed by atoms with Crippen molar-refractivity contribution in [3.8, 4) is 5.75 Å². The number of likely N-dealkylation sites (tertiary alicyclic amines) is 1. The van der Waals surface area contributed by atoms with Gasteiger partial charge >= 0.3 is 5.97 Å². The topological polar surface area (TPSA) is 49.8 Å². The zero-order valence-electron chi connectivity index (χ0n) is 11.3. The number of rotatable bonds is 5. The van der Waals surface area contributed by atoms with Crippen LogP contribution in [0.25, 0.3) is 0 Å². The number of carbonyl (C=O) groups is 1. The summed E-state index contributed by atoms with van der Waals surface area (Å²) in [5.41, 5.74) is 0.753. The minimum Gasteiger partial charge on any atom is -0.493 e. The molecule has 0 amide bonds. The van der Waals surface area contributed by atoms with E-state index in [9.17, 15) is 4.79 Å². The number of hydrogen-bond acceptors (Lipinski definition) is 3. The van der Waals surface area contributed by atoms with Gasteiger partial charge in [-0.05, 0) is 45.0 Å². The number of aliphatic carboxylic acids is 1. The number of carboxylic acid groups (broad SMARTS) is 1. The molecule has 0 aliphatic carbocycles. The molecule has 0 bridgehead atoms. The van der Waals surface area contributed by atoms with E-state index in [0.29, 0.717) is 18.3 Å². The van der Waals surface area contributed by atoms with Gasteiger partial charge in [-0.2, -0.15) is 0 Å². The van der Waals surface area contributed by atoms with Crippen LogP contribution in [-0.4, -0.2) is 42.7 Å². The van der Waals surface area contributed by atoms with Crippen LogP contribution in [0.1, 0.15) is 18.4 Å². The van der Waals surface area contributed by atoms with Gasteiger partial charge in [0.1, 0.15) is 5.75 Å². The standard InChI is InChI=1S/C15H21NO3/c1-16-8-6-12(7-9-16)11-19-14-5-3-2-4-13(14)10-15(17)18/h2-5,12H,6-11H2,1H3,(H,17,18). The number of piperidine rings is 1. The lowest BCUT2D eigenvalue weighted by Crippen LogP contribution is -2.32. The molecule has 1 N–H and O–H groups in total. The third-order valence-electron chi connectivity index (χ3n) is 3.63. The maximum absolute atomic E-state index is 10.8. The van der Waals surface area contributed by atoms with Gasteiger partial charge in [-0.25, -0.2) is 0 Å². The molecular weight excluding hydrogens is 242 g/mol. The molecule has 1 heterocycles. The third kappa shape index (κ3) is 4.24. The van der Waals surface area contributed by atoms with E-state index in [4.69, 9.17) is 9.84 Å². The highest BCUT2D eigenvalue weighted by molar-refractivity contribution is 5.71. The summed E-state index contributed by atoms with van der Waals surface area (Å²) < 4.78 is 5.83. The second-order valence-electron chi connectivity index (χ2n) is 5.24. The molecule has 1 aromatic rings. The second kappa shape index (κ2) is 6.57. The van der Waals surface area contributed by atoms with Crippen LogP contribution in [0.4, 0.5) is 0 Å². The van der Waals surface area contributed by atoms with Gasteiger partial charge in [0.25, 0.3) is 0 Å². The Morgan fingerprint density at radius 3 is 2.74 bits per heavy atom. The molecule has 4 nitrogen and oxygen atoms in total. The van der Waals surface area contributed by atoms with Gasteiger partial charge in [0, 0.05) is 5.56 Å². The lowest BCUT2D eigenvalue weighted by molar-refractivity contribution is -0.136. The van der Waals surface area contributed by atoms with E-state index in [-0.39, 0.29) is 6.42 Å². The van der Waals surface area contributed by atoms with Crippen molar-refractivity contribution < 1.29 is 14.6 Å². The average Bonchev–Trinajstić information content (AvgIpc) is 2.39. The van der Waals surface area contributed by atoms with Crippen LogP contribution in [0, 0.1) is 5.92 Å². The number of carboxylic acids is 1. The van der Waals surface area contributed by atoms with Gasteiger partial charge in [0.05, 0.1) is 13.0 Å². The fraction of sp³-hybridized carbons (Fsp3) is 0.533. The van der Waals surface area contributed by atoms with E-state index in [0.717, 1.165) is 31.5 Å². The Hall–Kier alpha value is -1.55. The van der Waals surface area contributed by atoms with Crippen molar-refractivity contribution in [3.05, 3.63) is 29.8 Å². The molecule has 0 spiro atoms. The first-order chi connectivity index (χ1) is 9.15. The lowest BCUT2D eigenvalue weighted by Gasteiger charge is -2.28. The van der Waals surface area contributed by atoms with E-state index in [1.54, 1.807) is 0 Å². The number of para-hydroxylation sites is 1. The summed E-state index contributed by atoms with van der Waals surface area (Å²) in [6, 6.07) is 7.40. The van der Waals surface area contributed by atoms with Gasteiger partial charge in [-0.3, -0.25) is 4.79 Å². The SMILES string of the molecule is CN1CCC(COc2ccccc2CC(=O)O)CC1. The monoisotopic (exact) mass is 263 g/mol. The predicted octanol–water partition coefficient (Wildman–Crippen LogP) is 2.03. The minimum absolute atomic E-state index is 0.0174. The molecule has 2 rings (SSSR count). The normalized spacial score (nSPS) is 17.3. The van der Waals surface area contributed by atoms with Crippen LogP contribution >= 0.6 is 0 Å². The maximum atomic E-state index is 10.8. The second-order valence-corrected chi connectivity index (χ2v) is 5.24. The molecule has 1 aliphatic rings. The van der Waals surface area contributed by atoms with E-state index in [1.165, 1.54) is 0 Å². The van der Waals surface area contributed by atoms with Crippen molar-refractivity contribution in [3.63, 3.8) is 0 Å². The van der Waals surface area contributed by atoms with Crippen LogP contribution in [0.5, 0.6) is 5.75 Å². The summed E-state index contributed by atoms with van der Waals surface area (Å²) in [5, 5.41) is 8.88. The number of hydrogen-bond donors (Lipinski definition) is 1. The van der Waals surface area contributed by atoms with Crippen LogP contribution in [0.15, 0.2) is 24.3 Å². The summed E-state index contributed by atoms with van der Waals surface area (Å²) in [4.78, 5) is 13.1. The molecule has 0 saturated carbocycles. The zero-order valence-corrected chi connectivity index (χ0v) is 11.3. The van der Waals surface area contributed by atoms with Crippen molar-refractivity contribution in [2.45, 2.75) is 19.3 Å². The molecular formula is C15H21NO3. The van der Waals surface area contributed by atoms with Crippen molar-refractivity contribution in [1.29, 1.82) is 0 Å². The van der Waals surface area contributed by atoms with Gasteiger partial charge in [-0.15, -0.1) is 0 Å². The Labute approximate surface area is 114 Å². The summed E-state index contributed by atoms with van der Waals surface area (Å²) in [6.45, 7) is 2.92. The van der Waals surface area contributed by atoms with Crippen molar-refractivity contribution in [2.24, 2.45) is 5.92 Å². The Balaban J connectivity index is 1.90. The smallest absolute Gasteiger partial charge is 0.307 e. The molecule has 0 radical (unpaired) electrons. The van der Waals surface area contributed by atoms with Gasteiger partial charge < -0.3 is 14.7 Å². The van der Waals surface area contributed by atoms with Crippen molar-refractivity contribution in [1.82, 2.24) is 4.90 Å². The quantitative estimate of drug-likeness (QED) is 0.883. The van der Waals surface area contributed by atoms with Crippen LogP contribution in [0.2, 0.25) is 0 Å². The molecule has 0 unspecified atom stereocenters. The zero-order chi connectivity index (χ0) is 13.7. The molecule has 1 fully saturated rings. The minimum atomic E-state index is -0.824. The number of nitrogens with zero attached hydrogens (tertiary/aromatic N) is 1. The Morgan fingerprint density at radius 2 is 2.05 bits per heavy atom. The van der Waals surface area contributed by atoms with Gasteiger partial charge in [-0.1, -0.05) is 18.2 Å². The number of ether oxygens (including phenoxy) is 1. The highest BCUT2D eigenvalue weighted by atomic mass is 16.5. The largest absolute Gasteiger partial charge is 0.493 e. The van der Waals surface area contributed by atoms with Crippen molar-refractivity contribution >= 4 is 5.97 Å². The van der Waals surface area contributed by atoms with Crippen LogP contribution in [0.3, 0.4) is 0 Å². The molecule has 104 valence electrons. The average molecular weight is 263 g/mol. The summed E-state index contributed by atoms with van der Waals surface area (Å²) in [6.07, 6.45) is 2.32. The summed E-state index contributed by atoms with van der Waals surface area (Å²) in [7, 11) is 2.14. The predicted molar refractivity (Wildman–Crippen MR) is 73.5 cm³/mol. The Kier molecular flexibility index (Phi) is 4.80. The van der Waals surface area contributed by atoms with Gasteiger partial charge in [0.15, 0.2) is 0 Å². The third-order valence-corrected chi connectivity index (χ3v) is 3.63. The molecule has 19 heavy (non-hydrogen) atoms. The Morgan fingerprint density at radius 1 is 1.37 bits per heavy atom. The van der Waals surface area contributed by atoms with Crippen LogP contribution in [-0.2, 0) is 11.2 Å². The lowest BCUT2D eigenvalue weighted by atomic mass is 9.98. The fourth-order valence-electron chi connectivity index (χ4n) is 2.39.